The zero-order chi connectivity index (χ0) is 19.0. The lowest BCUT2D eigenvalue weighted by molar-refractivity contribution is -0.193. The van der Waals surface area contributed by atoms with E-state index in [2.05, 4.69) is 20.9 Å². The molecule has 132 valence electrons. The van der Waals surface area contributed by atoms with E-state index in [4.69, 9.17) is 31.3 Å². The molecule has 23 heavy (non-hydrogen) atoms. The molecule has 0 amide bonds. The smallest absolute Gasteiger partial charge is 0.475 e. The number of alkyl halides is 6. The fourth-order valence-electron chi connectivity index (χ4n) is 0.463. The first-order valence-electron chi connectivity index (χ1n) is 4.85. The summed E-state index contributed by atoms with van der Waals surface area (Å²) in [6.07, 6.45) is -8.65. The van der Waals surface area contributed by atoms with E-state index in [9.17, 15) is 26.3 Å². The van der Waals surface area contributed by atoms with E-state index >= 15 is 0 Å². The fourth-order valence-corrected chi connectivity index (χ4v) is 0.830. The molecule has 0 spiro atoms. The first kappa shape index (κ1) is 23.0. The zero-order valence-corrected chi connectivity index (χ0v) is 12.2. The van der Waals surface area contributed by atoms with E-state index in [1.165, 1.54) is 6.20 Å². The number of nitrogen functional groups attached to an aromatic ring is 2. The SMILES string of the molecule is Nc1cnc(N)c(Br)c1.O=C(O)C(F)(F)F.O=C(O)C(F)(F)F. The van der Waals surface area contributed by atoms with Crippen molar-refractivity contribution in [2.45, 2.75) is 12.4 Å². The Morgan fingerprint density at radius 3 is 1.48 bits per heavy atom. The second-order valence-electron chi connectivity index (χ2n) is 3.24. The molecule has 0 saturated carbocycles. The zero-order valence-electron chi connectivity index (χ0n) is 10.6. The van der Waals surface area contributed by atoms with Gasteiger partial charge in [0.05, 0.1) is 16.4 Å². The molecular formula is C9H8BrF6N3O4. The van der Waals surface area contributed by atoms with Crippen molar-refractivity contribution in [2.24, 2.45) is 0 Å². The van der Waals surface area contributed by atoms with Crippen LogP contribution in [0.2, 0.25) is 0 Å². The number of hydrogen-bond acceptors (Lipinski definition) is 5. The van der Waals surface area contributed by atoms with Crippen molar-refractivity contribution in [3.63, 3.8) is 0 Å². The molecule has 0 saturated heterocycles. The topological polar surface area (TPSA) is 140 Å². The van der Waals surface area contributed by atoms with Gasteiger partial charge in [-0.25, -0.2) is 14.6 Å². The summed E-state index contributed by atoms with van der Waals surface area (Å²) in [7, 11) is 0. The number of carboxylic acid groups (broad SMARTS) is 2. The monoisotopic (exact) mass is 415 g/mol. The van der Waals surface area contributed by atoms with Gasteiger partial charge in [0.2, 0.25) is 0 Å². The Bertz CT molecular complexity index is 525. The number of carboxylic acids is 2. The Morgan fingerprint density at radius 1 is 1.00 bits per heavy atom. The minimum atomic E-state index is -5.08. The number of halogens is 7. The quantitative estimate of drug-likeness (QED) is 0.476. The third-order valence-corrected chi connectivity index (χ3v) is 2.01. The molecule has 7 nitrogen and oxygen atoms in total. The van der Waals surface area contributed by atoms with Crippen LogP contribution in [0.1, 0.15) is 0 Å². The van der Waals surface area contributed by atoms with Crippen molar-refractivity contribution in [2.75, 3.05) is 11.5 Å². The normalized spacial score (nSPS) is 10.6. The molecule has 0 atom stereocenters. The Morgan fingerprint density at radius 2 is 1.30 bits per heavy atom. The highest BCUT2D eigenvalue weighted by molar-refractivity contribution is 9.10. The van der Waals surface area contributed by atoms with Crippen LogP contribution in [-0.4, -0.2) is 39.5 Å². The predicted molar refractivity (Wildman–Crippen MR) is 68.1 cm³/mol. The Labute approximate surface area is 132 Å². The molecular weight excluding hydrogens is 408 g/mol. The van der Waals surface area contributed by atoms with Gasteiger partial charge in [-0.3, -0.25) is 0 Å². The maximum atomic E-state index is 10.6. The molecule has 0 aromatic carbocycles. The van der Waals surface area contributed by atoms with Gasteiger partial charge in [0.25, 0.3) is 0 Å². The van der Waals surface area contributed by atoms with Gasteiger partial charge in [0, 0.05) is 0 Å². The molecule has 1 aromatic rings. The van der Waals surface area contributed by atoms with Gasteiger partial charge >= 0.3 is 24.3 Å². The van der Waals surface area contributed by atoms with Crippen LogP contribution < -0.4 is 11.5 Å². The largest absolute Gasteiger partial charge is 0.490 e. The number of nitrogens with two attached hydrogens (primary N) is 2. The molecule has 0 fully saturated rings. The third kappa shape index (κ3) is 12.0. The number of aromatic nitrogens is 1. The highest BCUT2D eigenvalue weighted by Gasteiger charge is 2.38. The van der Waals surface area contributed by atoms with Gasteiger partial charge in [-0.05, 0) is 22.0 Å². The van der Waals surface area contributed by atoms with Gasteiger partial charge in [0.1, 0.15) is 5.82 Å². The molecule has 1 aromatic heterocycles. The number of anilines is 2. The minimum absolute atomic E-state index is 0.462. The van der Waals surface area contributed by atoms with Crippen molar-refractivity contribution in [3.8, 4) is 0 Å². The predicted octanol–water partition coefficient (Wildman–Crippen LogP) is 2.28. The van der Waals surface area contributed by atoms with Crippen LogP contribution in [0.25, 0.3) is 0 Å². The van der Waals surface area contributed by atoms with Crippen molar-refractivity contribution < 1.29 is 46.1 Å². The highest BCUT2D eigenvalue weighted by Crippen LogP contribution is 2.18. The molecule has 1 heterocycles. The summed E-state index contributed by atoms with van der Waals surface area (Å²) in [6.45, 7) is 0. The molecule has 0 aliphatic carbocycles. The third-order valence-electron chi connectivity index (χ3n) is 1.38. The van der Waals surface area contributed by atoms with Crippen LogP contribution in [0.4, 0.5) is 37.8 Å². The van der Waals surface area contributed by atoms with Crippen molar-refractivity contribution in [1.82, 2.24) is 4.98 Å². The fraction of sp³-hybridized carbons (Fsp3) is 0.222. The summed E-state index contributed by atoms with van der Waals surface area (Å²) in [4.78, 5) is 21.6. The van der Waals surface area contributed by atoms with Gasteiger partial charge < -0.3 is 21.7 Å². The van der Waals surface area contributed by atoms with Crippen molar-refractivity contribution >= 4 is 39.4 Å². The number of aliphatic carboxylic acids is 2. The molecule has 0 aliphatic rings. The standard InChI is InChI=1S/C5H6BrN3.2C2HF3O2/c6-4-1-3(7)2-9-5(4)8;2*3-2(4,5)1(6)7/h1-2H,7H2,(H2,8,9);2*(H,6,7). The van der Waals surface area contributed by atoms with E-state index in [0.29, 0.717) is 11.5 Å². The molecule has 0 aliphatic heterocycles. The summed E-state index contributed by atoms with van der Waals surface area (Å²) in [5, 5.41) is 14.2. The van der Waals surface area contributed by atoms with Crippen LogP contribution in [-0.2, 0) is 9.59 Å². The lowest BCUT2D eigenvalue weighted by Crippen LogP contribution is -2.21. The molecule has 0 radical (unpaired) electrons. The molecule has 14 heteroatoms. The van der Waals surface area contributed by atoms with Crippen LogP contribution in [0.5, 0.6) is 0 Å². The number of hydrogen-bond donors (Lipinski definition) is 4. The van der Waals surface area contributed by atoms with Gasteiger partial charge in [0.15, 0.2) is 0 Å². The molecule has 0 unspecified atom stereocenters. The number of rotatable bonds is 0. The van der Waals surface area contributed by atoms with E-state index in [0.717, 1.165) is 4.47 Å². The van der Waals surface area contributed by atoms with Gasteiger partial charge in [-0.1, -0.05) is 0 Å². The first-order chi connectivity index (χ1) is 10.1. The van der Waals surface area contributed by atoms with Crippen molar-refractivity contribution in [3.05, 3.63) is 16.7 Å². The number of carbonyl (C=O) groups is 2. The first-order valence-corrected chi connectivity index (χ1v) is 5.65. The minimum Gasteiger partial charge on any atom is -0.475 e. The Balaban J connectivity index is 0. The van der Waals surface area contributed by atoms with E-state index in [-0.39, 0.29) is 0 Å². The second kappa shape index (κ2) is 9.02. The Kier molecular flexibility index (Phi) is 9.03. The summed E-state index contributed by atoms with van der Waals surface area (Å²) >= 11 is 3.18. The second-order valence-corrected chi connectivity index (χ2v) is 4.10. The summed E-state index contributed by atoms with van der Waals surface area (Å²) < 4.78 is 64.2. The molecule has 0 bridgehead atoms. The van der Waals surface area contributed by atoms with Gasteiger partial charge in [-0.15, -0.1) is 0 Å². The number of nitrogens with zero attached hydrogens (tertiary/aromatic N) is 1. The lowest BCUT2D eigenvalue weighted by Gasteiger charge is -1.95. The van der Waals surface area contributed by atoms with Crippen LogP contribution in [0, 0.1) is 0 Å². The lowest BCUT2D eigenvalue weighted by atomic mass is 10.4. The van der Waals surface area contributed by atoms with Crippen molar-refractivity contribution in [1.29, 1.82) is 0 Å². The summed E-state index contributed by atoms with van der Waals surface area (Å²) in [5.41, 5.74) is 11.4. The van der Waals surface area contributed by atoms with Gasteiger partial charge in [-0.2, -0.15) is 26.3 Å². The number of pyridine rings is 1. The maximum absolute atomic E-state index is 10.6. The van der Waals surface area contributed by atoms with Crippen LogP contribution in [0.3, 0.4) is 0 Å². The maximum Gasteiger partial charge on any atom is 0.490 e. The van der Waals surface area contributed by atoms with Crippen LogP contribution >= 0.6 is 15.9 Å². The van der Waals surface area contributed by atoms with Crippen LogP contribution in [0.15, 0.2) is 16.7 Å². The summed E-state index contributed by atoms with van der Waals surface area (Å²) in [5.74, 6) is -5.05. The van der Waals surface area contributed by atoms with E-state index < -0.39 is 24.3 Å². The molecule has 1 rings (SSSR count). The Hall–Kier alpha value is -2.25. The van der Waals surface area contributed by atoms with E-state index in [1.54, 1.807) is 6.07 Å². The van der Waals surface area contributed by atoms with E-state index in [1.807, 2.05) is 0 Å². The average Bonchev–Trinajstić information content (AvgIpc) is 2.33. The summed E-state index contributed by atoms with van der Waals surface area (Å²) in [6, 6.07) is 1.71. The average molecular weight is 416 g/mol. The molecule has 6 N–H and O–H groups in total. The highest BCUT2D eigenvalue weighted by atomic mass is 79.9.